The molecule has 0 fully saturated rings. The second-order valence-electron chi connectivity index (χ2n) is 3.83. The molecule has 0 unspecified atom stereocenters. The number of hydrogen-bond acceptors (Lipinski definition) is 2. The molecule has 0 saturated carbocycles. The van der Waals surface area contributed by atoms with Crippen molar-refractivity contribution in [2.24, 2.45) is 11.8 Å². The predicted molar refractivity (Wildman–Crippen MR) is 56.6 cm³/mol. The first-order valence-electron chi connectivity index (χ1n) is 5.04. The molecule has 86 valence electrons. The van der Waals surface area contributed by atoms with Gasteiger partial charge < -0.3 is 10.2 Å². The number of hydrogen-bond donors (Lipinski definition) is 2. The van der Waals surface area contributed by atoms with Gasteiger partial charge in [0.05, 0.1) is 5.92 Å². The third-order valence-corrected chi connectivity index (χ3v) is 2.20. The highest BCUT2D eigenvalue weighted by atomic mass is 16.4. The smallest absolute Gasteiger partial charge is 0.307 e. The van der Waals surface area contributed by atoms with Crippen molar-refractivity contribution >= 4 is 11.9 Å². The molecule has 2 N–H and O–H groups in total. The lowest BCUT2D eigenvalue weighted by Crippen LogP contribution is -2.18. The largest absolute Gasteiger partial charge is 0.481 e. The normalized spacial score (nSPS) is 13.3. The maximum atomic E-state index is 10.8. The highest BCUT2D eigenvalue weighted by Gasteiger charge is 2.19. The van der Waals surface area contributed by atoms with Crippen molar-refractivity contribution in [1.29, 1.82) is 0 Å². The maximum absolute atomic E-state index is 10.8. The lowest BCUT2D eigenvalue weighted by atomic mass is 9.92. The summed E-state index contributed by atoms with van der Waals surface area (Å²) >= 11 is 0. The third kappa shape index (κ3) is 6.71. The summed E-state index contributed by atoms with van der Waals surface area (Å²) in [5, 5.41) is 17.2. The molecule has 0 saturated heterocycles. The molecule has 0 aromatic carbocycles. The molecule has 4 heteroatoms. The van der Waals surface area contributed by atoms with Crippen LogP contribution in [0.3, 0.4) is 0 Å². The van der Waals surface area contributed by atoms with Crippen LogP contribution in [-0.4, -0.2) is 22.2 Å². The van der Waals surface area contributed by atoms with Crippen LogP contribution in [0.4, 0.5) is 0 Å². The average Bonchev–Trinajstić information content (AvgIpc) is 2.08. The summed E-state index contributed by atoms with van der Waals surface area (Å²) in [6.45, 7) is 3.73. The summed E-state index contributed by atoms with van der Waals surface area (Å²) in [6.07, 6.45) is 4.50. The minimum absolute atomic E-state index is 0.0895. The maximum Gasteiger partial charge on any atom is 0.307 e. The van der Waals surface area contributed by atoms with Crippen LogP contribution in [0, 0.1) is 11.8 Å². The quantitative estimate of drug-likeness (QED) is 0.637. The number of aliphatic carboxylic acids is 2. The molecule has 0 heterocycles. The standard InChI is InChI=1S/C11H18O4/c1-8(2)9(11(14)15)6-4-3-5-7-10(12)13/h3-4,8-9H,5-7H2,1-2H3,(H,12,13)(H,14,15)/b4-3+/t9-/m0/s1. The van der Waals surface area contributed by atoms with Gasteiger partial charge >= 0.3 is 11.9 Å². The highest BCUT2D eigenvalue weighted by Crippen LogP contribution is 2.16. The van der Waals surface area contributed by atoms with Crippen LogP contribution in [0.25, 0.3) is 0 Å². The molecule has 0 bridgehead atoms. The van der Waals surface area contributed by atoms with Crippen LogP contribution >= 0.6 is 0 Å². The summed E-state index contributed by atoms with van der Waals surface area (Å²) < 4.78 is 0. The van der Waals surface area contributed by atoms with Crippen molar-refractivity contribution in [2.75, 3.05) is 0 Å². The fourth-order valence-corrected chi connectivity index (χ4v) is 1.23. The molecule has 15 heavy (non-hydrogen) atoms. The Balaban J connectivity index is 3.89. The molecular formula is C11H18O4. The first kappa shape index (κ1) is 13.7. The van der Waals surface area contributed by atoms with Gasteiger partial charge in [-0.2, -0.15) is 0 Å². The predicted octanol–water partition coefficient (Wildman–Crippen LogP) is 2.15. The summed E-state index contributed by atoms with van der Waals surface area (Å²) in [7, 11) is 0. The van der Waals surface area contributed by atoms with Crippen molar-refractivity contribution < 1.29 is 19.8 Å². The summed E-state index contributed by atoms with van der Waals surface area (Å²) in [5.74, 6) is -1.93. The van der Waals surface area contributed by atoms with Gasteiger partial charge in [-0.1, -0.05) is 26.0 Å². The minimum Gasteiger partial charge on any atom is -0.481 e. The van der Waals surface area contributed by atoms with E-state index in [1.807, 2.05) is 13.8 Å². The van der Waals surface area contributed by atoms with Crippen molar-refractivity contribution in [2.45, 2.75) is 33.1 Å². The molecule has 0 aliphatic rings. The van der Waals surface area contributed by atoms with E-state index in [2.05, 4.69) is 0 Å². The average molecular weight is 214 g/mol. The number of carboxylic acids is 2. The van der Waals surface area contributed by atoms with Crippen LogP contribution in [-0.2, 0) is 9.59 Å². The first-order valence-corrected chi connectivity index (χ1v) is 5.04. The van der Waals surface area contributed by atoms with Crippen molar-refractivity contribution in [3.8, 4) is 0 Å². The molecule has 1 atom stereocenters. The molecule has 0 rings (SSSR count). The Kier molecular flexibility index (Phi) is 6.42. The highest BCUT2D eigenvalue weighted by molar-refractivity contribution is 5.70. The summed E-state index contributed by atoms with van der Waals surface area (Å²) in [6, 6.07) is 0. The van der Waals surface area contributed by atoms with E-state index >= 15 is 0 Å². The lowest BCUT2D eigenvalue weighted by molar-refractivity contribution is -0.143. The van der Waals surface area contributed by atoms with E-state index < -0.39 is 11.9 Å². The minimum atomic E-state index is -0.835. The van der Waals surface area contributed by atoms with E-state index in [0.29, 0.717) is 12.8 Å². The van der Waals surface area contributed by atoms with E-state index in [0.717, 1.165) is 0 Å². The van der Waals surface area contributed by atoms with E-state index in [9.17, 15) is 9.59 Å². The van der Waals surface area contributed by atoms with Gasteiger partial charge in [0.25, 0.3) is 0 Å². The zero-order valence-electron chi connectivity index (χ0n) is 9.14. The summed E-state index contributed by atoms with van der Waals surface area (Å²) in [5.41, 5.74) is 0. The van der Waals surface area contributed by atoms with E-state index in [1.54, 1.807) is 12.2 Å². The number of carbonyl (C=O) groups is 2. The number of carboxylic acid groups (broad SMARTS) is 2. The molecule has 0 spiro atoms. The van der Waals surface area contributed by atoms with Crippen LogP contribution < -0.4 is 0 Å². The van der Waals surface area contributed by atoms with Crippen molar-refractivity contribution in [3.63, 3.8) is 0 Å². The molecular weight excluding hydrogens is 196 g/mol. The van der Waals surface area contributed by atoms with E-state index in [4.69, 9.17) is 10.2 Å². The van der Waals surface area contributed by atoms with Gasteiger partial charge in [-0.25, -0.2) is 0 Å². The fourth-order valence-electron chi connectivity index (χ4n) is 1.23. The number of rotatable bonds is 7. The van der Waals surface area contributed by atoms with Gasteiger partial charge in [0, 0.05) is 6.42 Å². The van der Waals surface area contributed by atoms with E-state index in [1.165, 1.54) is 0 Å². The topological polar surface area (TPSA) is 74.6 Å². The fraction of sp³-hybridized carbons (Fsp3) is 0.636. The van der Waals surface area contributed by atoms with Crippen molar-refractivity contribution in [3.05, 3.63) is 12.2 Å². The molecule has 0 radical (unpaired) electrons. The second kappa shape index (κ2) is 7.04. The SMILES string of the molecule is CC(C)[C@H](C/C=C/CCC(=O)O)C(=O)O. The Morgan fingerprint density at radius 1 is 1.20 bits per heavy atom. The van der Waals surface area contributed by atoms with E-state index in [-0.39, 0.29) is 18.3 Å². The van der Waals surface area contributed by atoms with Gasteiger partial charge in [0.1, 0.15) is 0 Å². The zero-order valence-corrected chi connectivity index (χ0v) is 9.14. The zero-order chi connectivity index (χ0) is 11.8. The lowest BCUT2D eigenvalue weighted by Gasteiger charge is -2.13. The van der Waals surface area contributed by atoms with Gasteiger partial charge in [0.15, 0.2) is 0 Å². The molecule has 0 aromatic rings. The Labute approximate surface area is 89.6 Å². The molecule has 0 amide bonds. The van der Waals surface area contributed by atoms with Gasteiger partial charge in [-0.3, -0.25) is 9.59 Å². The Morgan fingerprint density at radius 3 is 2.20 bits per heavy atom. The van der Waals surface area contributed by atoms with Crippen LogP contribution in [0.1, 0.15) is 33.1 Å². The molecule has 0 aliphatic carbocycles. The Bertz CT molecular complexity index is 243. The first-order chi connectivity index (χ1) is 6.95. The van der Waals surface area contributed by atoms with Crippen LogP contribution in [0.5, 0.6) is 0 Å². The van der Waals surface area contributed by atoms with Gasteiger partial charge in [0.2, 0.25) is 0 Å². The van der Waals surface area contributed by atoms with Gasteiger partial charge in [-0.15, -0.1) is 0 Å². The summed E-state index contributed by atoms with van der Waals surface area (Å²) in [4.78, 5) is 21.0. The monoisotopic (exact) mass is 214 g/mol. The number of allylic oxidation sites excluding steroid dienone is 2. The molecule has 4 nitrogen and oxygen atoms in total. The Hall–Kier alpha value is -1.32. The third-order valence-electron chi connectivity index (χ3n) is 2.20. The van der Waals surface area contributed by atoms with Crippen LogP contribution in [0.15, 0.2) is 12.2 Å². The van der Waals surface area contributed by atoms with Crippen LogP contribution in [0.2, 0.25) is 0 Å². The van der Waals surface area contributed by atoms with Crippen molar-refractivity contribution in [1.82, 2.24) is 0 Å². The Morgan fingerprint density at radius 2 is 1.80 bits per heavy atom. The molecule has 0 aromatic heterocycles. The second-order valence-corrected chi connectivity index (χ2v) is 3.83. The molecule has 0 aliphatic heterocycles. The van der Waals surface area contributed by atoms with Gasteiger partial charge in [-0.05, 0) is 18.8 Å².